The molecule has 2 aliphatic heterocycles. The van der Waals surface area contributed by atoms with Gasteiger partial charge in [-0.05, 0) is 36.1 Å². The van der Waals surface area contributed by atoms with Gasteiger partial charge in [-0.15, -0.1) is 0 Å². The van der Waals surface area contributed by atoms with Gasteiger partial charge in [-0.3, -0.25) is 9.59 Å². The SMILES string of the molecule is O=C(COc1ccccc1)N1C[C@@H]2C[C@H](C1)c1c(-c3ccccc3)ccc(=O)n1C2. The van der Waals surface area contributed by atoms with E-state index < -0.39 is 0 Å². The first-order valence-corrected chi connectivity index (χ1v) is 10.4. The molecule has 152 valence electrons. The molecule has 0 spiro atoms. The minimum atomic E-state index is 0.00143. The predicted octanol–water partition coefficient (Wildman–Crippen LogP) is 3.54. The summed E-state index contributed by atoms with van der Waals surface area (Å²) in [6.07, 6.45) is 1.01. The second-order valence-corrected chi connectivity index (χ2v) is 8.15. The molecule has 0 N–H and O–H groups in total. The highest BCUT2D eigenvalue weighted by molar-refractivity contribution is 5.78. The predicted molar refractivity (Wildman–Crippen MR) is 116 cm³/mol. The lowest BCUT2D eigenvalue weighted by Gasteiger charge is -2.43. The van der Waals surface area contributed by atoms with E-state index in [0.717, 1.165) is 23.2 Å². The minimum Gasteiger partial charge on any atom is -0.484 e. The van der Waals surface area contributed by atoms with Crippen LogP contribution < -0.4 is 10.3 Å². The zero-order valence-electron chi connectivity index (χ0n) is 16.7. The number of ether oxygens (including phenoxy) is 1. The standard InChI is InChI=1S/C25H24N2O3/c28-23-12-11-22(19-7-3-1-4-8-19)25-20-13-18(15-27(23)25)14-26(16-20)24(29)17-30-21-9-5-2-6-10-21/h1-12,18,20H,13-17H2/t18-,20+/m0/s1. The van der Waals surface area contributed by atoms with Crippen LogP contribution in [-0.2, 0) is 11.3 Å². The number of nitrogens with zero attached hydrogens (tertiary/aromatic N) is 2. The van der Waals surface area contributed by atoms with Crippen LogP contribution in [0.25, 0.3) is 11.1 Å². The molecule has 2 bridgehead atoms. The fourth-order valence-corrected chi connectivity index (χ4v) is 4.83. The van der Waals surface area contributed by atoms with Gasteiger partial charge < -0.3 is 14.2 Å². The third-order valence-electron chi connectivity index (χ3n) is 6.13. The van der Waals surface area contributed by atoms with Crippen LogP contribution in [-0.4, -0.2) is 35.1 Å². The number of hydrogen-bond acceptors (Lipinski definition) is 3. The van der Waals surface area contributed by atoms with Gasteiger partial charge in [-0.25, -0.2) is 0 Å². The highest BCUT2D eigenvalue weighted by Crippen LogP contribution is 2.39. The van der Waals surface area contributed by atoms with Crippen molar-refractivity contribution in [3.63, 3.8) is 0 Å². The van der Waals surface area contributed by atoms with Crippen molar-refractivity contribution in [2.75, 3.05) is 19.7 Å². The second kappa shape index (κ2) is 7.82. The van der Waals surface area contributed by atoms with Crippen LogP contribution >= 0.6 is 0 Å². The number of carbonyl (C=O) groups excluding carboxylic acids is 1. The van der Waals surface area contributed by atoms with Gasteiger partial charge in [0, 0.05) is 42.9 Å². The third-order valence-corrected chi connectivity index (χ3v) is 6.13. The molecule has 30 heavy (non-hydrogen) atoms. The maximum absolute atomic E-state index is 12.9. The molecule has 1 aromatic heterocycles. The van der Waals surface area contributed by atoms with Gasteiger partial charge in [-0.1, -0.05) is 48.5 Å². The molecule has 0 saturated carbocycles. The molecule has 1 fully saturated rings. The molecule has 5 rings (SSSR count). The van der Waals surface area contributed by atoms with Crippen molar-refractivity contribution in [2.24, 2.45) is 5.92 Å². The number of fused-ring (bicyclic) bond motifs is 4. The average molecular weight is 400 g/mol. The molecule has 0 unspecified atom stereocenters. The van der Waals surface area contributed by atoms with E-state index in [4.69, 9.17) is 4.74 Å². The Kier molecular flexibility index (Phi) is 4.87. The summed E-state index contributed by atoms with van der Waals surface area (Å²) in [6, 6.07) is 23.2. The van der Waals surface area contributed by atoms with Crippen molar-refractivity contribution < 1.29 is 9.53 Å². The first kappa shape index (κ1) is 18.7. The Hall–Kier alpha value is -3.34. The maximum atomic E-state index is 12.9. The summed E-state index contributed by atoms with van der Waals surface area (Å²) in [6.45, 7) is 2.00. The van der Waals surface area contributed by atoms with E-state index in [2.05, 4.69) is 12.1 Å². The van der Waals surface area contributed by atoms with Crippen LogP contribution in [0, 0.1) is 5.92 Å². The quantitative estimate of drug-likeness (QED) is 0.673. The molecular weight excluding hydrogens is 376 g/mol. The van der Waals surface area contributed by atoms with E-state index >= 15 is 0 Å². The number of amides is 1. The van der Waals surface area contributed by atoms with E-state index in [1.807, 2.05) is 64.1 Å². The Morgan fingerprint density at radius 2 is 1.63 bits per heavy atom. The molecule has 2 aliphatic rings. The van der Waals surface area contributed by atoms with Gasteiger partial charge in [0.25, 0.3) is 11.5 Å². The van der Waals surface area contributed by atoms with Crippen molar-refractivity contribution in [2.45, 2.75) is 18.9 Å². The molecule has 1 amide bonds. The highest BCUT2D eigenvalue weighted by Gasteiger charge is 2.37. The van der Waals surface area contributed by atoms with Gasteiger partial charge in [0.05, 0.1) is 0 Å². The zero-order chi connectivity index (χ0) is 20.5. The summed E-state index contributed by atoms with van der Waals surface area (Å²) in [7, 11) is 0. The summed E-state index contributed by atoms with van der Waals surface area (Å²) in [5.74, 6) is 1.15. The second-order valence-electron chi connectivity index (χ2n) is 8.15. The fraction of sp³-hybridized carbons (Fsp3) is 0.280. The van der Waals surface area contributed by atoms with Crippen LogP contribution in [0.1, 0.15) is 18.0 Å². The lowest BCUT2D eigenvalue weighted by molar-refractivity contribution is -0.136. The molecule has 5 heteroatoms. The van der Waals surface area contributed by atoms with Crippen LogP contribution in [0.15, 0.2) is 77.6 Å². The van der Waals surface area contributed by atoms with Gasteiger partial charge >= 0.3 is 0 Å². The van der Waals surface area contributed by atoms with E-state index in [1.54, 1.807) is 6.07 Å². The summed E-state index contributed by atoms with van der Waals surface area (Å²) < 4.78 is 7.61. The summed E-state index contributed by atoms with van der Waals surface area (Å²) in [5, 5.41) is 0. The maximum Gasteiger partial charge on any atom is 0.260 e. The number of pyridine rings is 1. The number of carbonyl (C=O) groups is 1. The summed E-state index contributed by atoms with van der Waals surface area (Å²) >= 11 is 0. The van der Waals surface area contributed by atoms with Gasteiger partial charge in [0.15, 0.2) is 6.61 Å². The Labute approximate surface area is 175 Å². The Morgan fingerprint density at radius 3 is 2.40 bits per heavy atom. The Balaban J connectivity index is 1.41. The van der Waals surface area contributed by atoms with Gasteiger partial charge in [0.1, 0.15) is 5.75 Å². The third kappa shape index (κ3) is 3.52. The number of piperidine rings is 1. The lowest BCUT2D eigenvalue weighted by Crippen LogP contribution is -2.50. The smallest absolute Gasteiger partial charge is 0.260 e. The molecule has 2 aromatic carbocycles. The lowest BCUT2D eigenvalue weighted by atomic mass is 9.80. The first-order chi connectivity index (χ1) is 14.7. The summed E-state index contributed by atoms with van der Waals surface area (Å²) in [4.78, 5) is 27.4. The van der Waals surface area contributed by atoms with Crippen LogP contribution in [0.4, 0.5) is 0 Å². The van der Waals surface area contributed by atoms with E-state index in [1.165, 1.54) is 0 Å². The van der Waals surface area contributed by atoms with Crippen molar-refractivity contribution in [1.82, 2.24) is 9.47 Å². The molecule has 5 nitrogen and oxygen atoms in total. The average Bonchev–Trinajstić information content (AvgIpc) is 2.79. The largest absolute Gasteiger partial charge is 0.484 e. The molecular formula is C25H24N2O3. The molecule has 0 aliphatic carbocycles. The number of hydrogen-bond donors (Lipinski definition) is 0. The Bertz CT molecular complexity index is 1110. The van der Waals surface area contributed by atoms with Crippen LogP contribution in [0.2, 0.25) is 0 Å². The van der Waals surface area contributed by atoms with Crippen LogP contribution in [0.3, 0.4) is 0 Å². The monoisotopic (exact) mass is 400 g/mol. The van der Waals surface area contributed by atoms with Crippen molar-refractivity contribution in [3.8, 4) is 16.9 Å². The topological polar surface area (TPSA) is 51.5 Å². The number of benzene rings is 2. The van der Waals surface area contributed by atoms with Crippen molar-refractivity contribution in [1.29, 1.82) is 0 Å². The number of para-hydroxylation sites is 1. The molecule has 3 heterocycles. The highest BCUT2D eigenvalue weighted by atomic mass is 16.5. The van der Waals surface area contributed by atoms with E-state index in [9.17, 15) is 9.59 Å². The van der Waals surface area contributed by atoms with Crippen molar-refractivity contribution >= 4 is 5.91 Å². The van der Waals surface area contributed by atoms with E-state index in [0.29, 0.717) is 31.3 Å². The zero-order valence-corrected chi connectivity index (χ0v) is 16.7. The Morgan fingerprint density at radius 1 is 0.900 bits per heavy atom. The minimum absolute atomic E-state index is 0.00143. The number of rotatable bonds is 4. The van der Waals surface area contributed by atoms with Gasteiger partial charge in [-0.2, -0.15) is 0 Å². The first-order valence-electron chi connectivity index (χ1n) is 10.4. The molecule has 3 aromatic rings. The number of aromatic nitrogens is 1. The molecule has 1 saturated heterocycles. The van der Waals surface area contributed by atoms with Crippen LogP contribution in [0.5, 0.6) is 5.75 Å². The number of likely N-dealkylation sites (tertiary alicyclic amines) is 1. The summed E-state index contributed by atoms with van der Waals surface area (Å²) in [5.41, 5.74) is 3.31. The van der Waals surface area contributed by atoms with E-state index in [-0.39, 0.29) is 24.0 Å². The fourth-order valence-electron chi connectivity index (χ4n) is 4.83. The molecule has 2 atom stereocenters. The molecule has 0 radical (unpaired) electrons. The normalized spacial score (nSPS) is 19.8. The van der Waals surface area contributed by atoms with Crippen molar-refractivity contribution in [3.05, 3.63) is 88.8 Å². The van der Waals surface area contributed by atoms with Gasteiger partial charge in [0.2, 0.25) is 0 Å².